The highest BCUT2D eigenvalue weighted by molar-refractivity contribution is 5.75. The Morgan fingerprint density at radius 2 is 2.29 bits per heavy atom. The molecule has 0 saturated heterocycles. The monoisotopic (exact) mass is 194 g/mol. The summed E-state index contributed by atoms with van der Waals surface area (Å²) in [6.07, 6.45) is 1.71. The van der Waals surface area contributed by atoms with E-state index in [2.05, 4.69) is 9.97 Å². The first-order chi connectivity index (χ1) is 6.50. The van der Waals surface area contributed by atoms with Gasteiger partial charge in [-0.2, -0.15) is 0 Å². The van der Waals surface area contributed by atoms with Gasteiger partial charge in [0.05, 0.1) is 6.42 Å². The largest absolute Gasteiger partial charge is 0.369 e. The highest BCUT2D eigenvalue weighted by Crippen LogP contribution is 2.11. The minimum absolute atomic E-state index is 0.0695. The lowest BCUT2D eigenvalue weighted by Gasteiger charge is -2.08. The Morgan fingerprint density at radius 1 is 1.64 bits per heavy atom. The highest BCUT2D eigenvalue weighted by Gasteiger charge is 2.08. The molecule has 1 amide bonds. The molecule has 5 nitrogen and oxygen atoms in total. The van der Waals surface area contributed by atoms with Crippen LogP contribution in [0.25, 0.3) is 0 Å². The molecule has 0 radical (unpaired) electrons. The van der Waals surface area contributed by atoms with Crippen LogP contribution in [-0.4, -0.2) is 15.9 Å². The van der Waals surface area contributed by atoms with Crippen LogP contribution in [0.4, 0.5) is 0 Å². The van der Waals surface area contributed by atoms with Crippen molar-refractivity contribution in [3.05, 3.63) is 23.3 Å². The van der Waals surface area contributed by atoms with E-state index in [4.69, 9.17) is 11.5 Å². The third-order valence-corrected chi connectivity index (χ3v) is 1.89. The van der Waals surface area contributed by atoms with E-state index in [1.807, 2.05) is 13.8 Å². The molecular weight excluding hydrogens is 180 g/mol. The molecule has 0 bridgehead atoms. The molecule has 5 heteroatoms. The number of primary amides is 1. The minimum Gasteiger partial charge on any atom is -0.369 e. The summed E-state index contributed by atoms with van der Waals surface area (Å²) < 4.78 is 0. The first kappa shape index (κ1) is 10.6. The van der Waals surface area contributed by atoms with Gasteiger partial charge in [0.15, 0.2) is 0 Å². The Bertz CT molecular complexity index is 349. The van der Waals surface area contributed by atoms with Gasteiger partial charge in [-0.25, -0.2) is 9.97 Å². The van der Waals surface area contributed by atoms with Crippen LogP contribution in [0.5, 0.6) is 0 Å². The molecule has 76 valence electrons. The van der Waals surface area contributed by atoms with Crippen LogP contribution in [0, 0.1) is 6.92 Å². The van der Waals surface area contributed by atoms with Crippen LogP contribution in [0.1, 0.15) is 30.0 Å². The molecule has 0 aromatic carbocycles. The molecule has 1 heterocycles. The third-order valence-electron chi connectivity index (χ3n) is 1.89. The van der Waals surface area contributed by atoms with Gasteiger partial charge in [0, 0.05) is 23.5 Å². The number of aromatic nitrogens is 2. The molecule has 0 aliphatic heterocycles. The zero-order valence-corrected chi connectivity index (χ0v) is 8.32. The molecule has 0 spiro atoms. The molecule has 14 heavy (non-hydrogen) atoms. The lowest BCUT2D eigenvalue weighted by molar-refractivity contribution is -0.117. The molecule has 0 aliphatic rings. The van der Waals surface area contributed by atoms with Crippen molar-refractivity contribution >= 4 is 5.91 Å². The summed E-state index contributed by atoms with van der Waals surface area (Å²) in [6, 6.07) is -0.0994. The minimum atomic E-state index is -0.432. The van der Waals surface area contributed by atoms with Gasteiger partial charge in [0.1, 0.15) is 5.82 Å². The Morgan fingerprint density at radius 3 is 2.71 bits per heavy atom. The van der Waals surface area contributed by atoms with Crippen molar-refractivity contribution in [2.24, 2.45) is 11.5 Å². The average molecular weight is 194 g/mol. The van der Waals surface area contributed by atoms with E-state index in [0.29, 0.717) is 5.82 Å². The topological polar surface area (TPSA) is 94.9 Å². The third kappa shape index (κ3) is 2.50. The van der Waals surface area contributed by atoms with Gasteiger partial charge in [-0.3, -0.25) is 4.79 Å². The lowest BCUT2D eigenvalue weighted by Crippen LogP contribution is -2.17. The standard InChI is InChI=1S/C9H14N4O/c1-5(10)7-4-12-9(3-8(11)14)13-6(7)2/h4-5H,3,10H2,1-2H3,(H2,11,14)/t5-/m0/s1. The molecule has 0 aliphatic carbocycles. The fraction of sp³-hybridized carbons (Fsp3) is 0.444. The van der Waals surface area contributed by atoms with Crippen LogP contribution in [0.2, 0.25) is 0 Å². The first-order valence-corrected chi connectivity index (χ1v) is 4.37. The summed E-state index contributed by atoms with van der Waals surface area (Å²) in [5, 5.41) is 0. The summed E-state index contributed by atoms with van der Waals surface area (Å²) in [4.78, 5) is 18.8. The van der Waals surface area contributed by atoms with E-state index in [1.165, 1.54) is 0 Å². The number of carbonyl (C=O) groups excluding carboxylic acids is 1. The summed E-state index contributed by atoms with van der Waals surface area (Å²) in [6.45, 7) is 3.70. The number of nitrogens with two attached hydrogens (primary N) is 2. The van der Waals surface area contributed by atoms with Crippen molar-refractivity contribution in [2.45, 2.75) is 26.3 Å². The molecule has 1 aromatic heterocycles. The van der Waals surface area contributed by atoms with Crippen molar-refractivity contribution in [3.63, 3.8) is 0 Å². The normalized spacial score (nSPS) is 12.5. The van der Waals surface area contributed by atoms with Gasteiger partial charge < -0.3 is 11.5 Å². The van der Waals surface area contributed by atoms with E-state index in [-0.39, 0.29) is 12.5 Å². The second kappa shape index (κ2) is 4.15. The van der Waals surface area contributed by atoms with Gasteiger partial charge in [-0.05, 0) is 13.8 Å². The van der Waals surface area contributed by atoms with E-state index < -0.39 is 5.91 Å². The number of aryl methyl sites for hydroxylation is 1. The Hall–Kier alpha value is -1.49. The second-order valence-corrected chi connectivity index (χ2v) is 3.26. The maximum absolute atomic E-state index is 10.6. The van der Waals surface area contributed by atoms with Gasteiger partial charge >= 0.3 is 0 Å². The lowest BCUT2D eigenvalue weighted by atomic mass is 10.1. The molecule has 1 atom stereocenters. The fourth-order valence-corrected chi connectivity index (χ4v) is 1.21. The van der Waals surface area contributed by atoms with E-state index in [0.717, 1.165) is 11.3 Å². The smallest absolute Gasteiger partial charge is 0.225 e. The van der Waals surface area contributed by atoms with Crippen LogP contribution < -0.4 is 11.5 Å². The van der Waals surface area contributed by atoms with Gasteiger partial charge in [0.25, 0.3) is 0 Å². The SMILES string of the molecule is Cc1nc(CC(N)=O)ncc1[C@H](C)N. The zero-order valence-electron chi connectivity index (χ0n) is 8.32. The highest BCUT2D eigenvalue weighted by atomic mass is 16.1. The van der Waals surface area contributed by atoms with Crippen molar-refractivity contribution in [1.82, 2.24) is 9.97 Å². The molecule has 4 N–H and O–H groups in total. The van der Waals surface area contributed by atoms with Crippen molar-refractivity contribution in [3.8, 4) is 0 Å². The van der Waals surface area contributed by atoms with E-state index in [9.17, 15) is 4.79 Å². The first-order valence-electron chi connectivity index (χ1n) is 4.37. The fourth-order valence-electron chi connectivity index (χ4n) is 1.21. The van der Waals surface area contributed by atoms with Crippen LogP contribution in [0.15, 0.2) is 6.20 Å². The summed E-state index contributed by atoms with van der Waals surface area (Å²) in [5.41, 5.74) is 12.4. The number of rotatable bonds is 3. The number of hydrogen-bond acceptors (Lipinski definition) is 4. The maximum atomic E-state index is 10.6. The Labute approximate surface area is 82.5 Å². The van der Waals surface area contributed by atoms with Gasteiger partial charge in [-0.15, -0.1) is 0 Å². The van der Waals surface area contributed by atoms with Crippen LogP contribution >= 0.6 is 0 Å². The van der Waals surface area contributed by atoms with Gasteiger partial charge in [-0.1, -0.05) is 0 Å². The molecule has 0 fully saturated rings. The Kier molecular flexibility index (Phi) is 3.14. The quantitative estimate of drug-likeness (QED) is 0.698. The van der Waals surface area contributed by atoms with Crippen molar-refractivity contribution in [1.29, 1.82) is 0 Å². The van der Waals surface area contributed by atoms with Crippen molar-refractivity contribution in [2.75, 3.05) is 0 Å². The summed E-state index contributed by atoms with van der Waals surface area (Å²) >= 11 is 0. The predicted molar refractivity (Wildman–Crippen MR) is 52.3 cm³/mol. The van der Waals surface area contributed by atoms with Gasteiger partial charge in [0.2, 0.25) is 5.91 Å². The molecule has 0 unspecified atom stereocenters. The maximum Gasteiger partial charge on any atom is 0.225 e. The average Bonchev–Trinajstić information content (AvgIpc) is 2.01. The zero-order chi connectivity index (χ0) is 10.7. The molecule has 0 saturated carbocycles. The number of nitrogens with zero attached hydrogens (tertiary/aromatic N) is 2. The summed E-state index contributed by atoms with van der Waals surface area (Å²) in [7, 11) is 0. The molecule has 1 rings (SSSR count). The molecular formula is C9H14N4O. The number of hydrogen-bond donors (Lipinski definition) is 2. The second-order valence-electron chi connectivity index (χ2n) is 3.26. The number of carbonyl (C=O) groups is 1. The van der Waals surface area contributed by atoms with E-state index in [1.54, 1.807) is 6.20 Å². The van der Waals surface area contributed by atoms with Crippen LogP contribution in [0.3, 0.4) is 0 Å². The van der Waals surface area contributed by atoms with Crippen LogP contribution in [-0.2, 0) is 11.2 Å². The number of amides is 1. The summed E-state index contributed by atoms with van der Waals surface area (Å²) in [5.74, 6) is 0.0114. The van der Waals surface area contributed by atoms with Crippen molar-refractivity contribution < 1.29 is 4.79 Å². The predicted octanol–water partition coefficient (Wildman–Crippen LogP) is -0.167. The Balaban J connectivity index is 2.94. The molecule has 1 aromatic rings. The van der Waals surface area contributed by atoms with E-state index >= 15 is 0 Å².